The van der Waals surface area contributed by atoms with Gasteiger partial charge in [-0.3, -0.25) is 9.59 Å². The van der Waals surface area contributed by atoms with Gasteiger partial charge in [0.25, 0.3) is 11.8 Å². The van der Waals surface area contributed by atoms with Gasteiger partial charge in [-0.25, -0.2) is 0 Å². The number of carbonyl (C=O) groups is 2. The van der Waals surface area contributed by atoms with Gasteiger partial charge in [-0.2, -0.15) is 0 Å². The summed E-state index contributed by atoms with van der Waals surface area (Å²) in [5.74, 6) is -0.176. The molecule has 0 aromatic heterocycles. The van der Waals surface area contributed by atoms with Gasteiger partial charge in [0.05, 0.1) is 0 Å². The molecule has 3 aromatic rings. The van der Waals surface area contributed by atoms with Gasteiger partial charge in [-0.15, -0.1) is 0 Å². The molecule has 1 heterocycles. The lowest BCUT2D eigenvalue weighted by molar-refractivity contribution is 0.0985. The van der Waals surface area contributed by atoms with E-state index in [-0.39, 0.29) is 17.9 Å². The van der Waals surface area contributed by atoms with Gasteiger partial charge in [0.15, 0.2) is 0 Å². The van der Waals surface area contributed by atoms with Crippen LogP contribution in [0.25, 0.3) is 0 Å². The third-order valence-electron chi connectivity index (χ3n) is 5.95. The highest BCUT2D eigenvalue weighted by atomic mass is 16.2. The van der Waals surface area contributed by atoms with Crippen LogP contribution < -0.4 is 15.5 Å². The number of anilines is 2. The highest BCUT2D eigenvalue weighted by molar-refractivity contribution is 6.08. The van der Waals surface area contributed by atoms with Crippen molar-refractivity contribution in [1.82, 2.24) is 5.32 Å². The average Bonchev–Trinajstić information content (AvgIpc) is 2.99. The van der Waals surface area contributed by atoms with Gasteiger partial charge in [0.1, 0.15) is 0 Å². The number of hydrogen-bond acceptors (Lipinski definition) is 3. The topological polar surface area (TPSA) is 61.4 Å². The summed E-state index contributed by atoms with van der Waals surface area (Å²) in [6, 6.07) is 23.0. The minimum absolute atomic E-state index is 0.0219. The van der Waals surface area contributed by atoms with E-state index in [9.17, 15) is 9.59 Å². The number of aryl methyl sites for hydroxylation is 1. The Morgan fingerprint density at radius 3 is 2.44 bits per heavy atom. The Bertz CT molecular complexity index is 1110. The second-order valence-electron chi connectivity index (χ2n) is 8.11. The number of hydrogen-bond donors (Lipinski definition) is 2. The molecule has 1 unspecified atom stereocenters. The van der Waals surface area contributed by atoms with Crippen molar-refractivity contribution in [2.24, 2.45) is 0 Å². The van der Waals surface area contributed by atoms with E-state index in [4.69, 9.17) is 0 Å². The van der Waals surface area contributed by atoms with Crippen LogP contribution in [0.2, 0.25) is 0 Å². The number of nitrogens with one attached hydrogen (secondary N) is 2. The molecule has 2 N–H and O–H groups in total. The van der Waals surface area contributed by atoms with Gasteiger partial charge < -0.3 is 15.5 Å². The molecule has 0 radical (unpaired) electrons. The Labute approximate surface area is 189 Å². The molecule has 32 heavy (non-hydrogen) atoms. The van der Waals surface area contributed by atoms with Crippen LogP contribution in [0.4, 0.5) is 11.4 Å². The Hall–Kier alpha value is -3.44. The van der Waals surface area contributed by atoms with Gasteiger partial charge >= 0.3 is 0 Å². The van der Waals surface area contributed by atoms with E-state index in [0.29, 0.717) is 23.4 Å². The molecule has 1 aliphatic rings. The van der Waals surface area contributed by atoms with Crippen molar-refractivity contribution in [3.8, 4) is 0 Å². The van der Waals surface area contributed by atoms with Crippen LogP contribution in [0.5, 0.6) is 0 Å². The maximum Gasteiger partial charge on any atom is 0.258 e. The first-order valence-corrected chi connectivity index (χ1v) is 11.2. The Kier molecular flexibility index (Phi) is 6.66. The van der Waals surface area contributed by atoms with Crippen molar-refractivity contribution in [3.63, 3.8) is 0 Å². The summed E-state index contributed by atoms with van der Waals surface area (Å²) in [6.45, 7) is 5.60. The van der Waals surface area contributed by atoms with Gasteiger partial charge in [0, 0.05) is 35.1 Å². The third kappa shape index (κ3) is 4.58. The third-order valence-corrected chi connectivity index (χ3v) is 5.95. The van der Waals surface area contributed by atoms with Crippen LogP contribution in [0, 0.1) is 6.92 Å². The number of amides is 2. The van der Waals surface area contributed by atoms with Crippen molar-refractivity contribution in [2.45, 2.75) is 32.7 Å². The minimum atomic E-state index is -0.155. The number of benzene rings is 3. The molecule has 0 spiro atoms. The molecule has 5 heteroatoms. The molecule has 0 bridgehead atoms. The first kappa shape index (κ1) is 21.8. The summed E-state index contributed by atoms with van der Waals surface area (Å²) < 4.78 is 0. The average molecular weight is 428 g/mol. The Balaban J connectivity index is 1.53. The SMILES string of the molecule is CCNC1CCCN(C(=O)c2ccc(NC(=O)c3ccccc3C)cc2)c2ccccc21. The summed E-state index contributed by atoms with van der Waals surface area (Å²) in [7, 11) is 0. The molecule has 2 amide bonds. The fourth-order valence-corrected chi connectivity index (χ4v) is 4.30. The van der Waals surface area contributed by atoms with E-state index in [1.165, 1.54) is 5.56 Å². The fourth-order valence-electron chi connectivity index (χ4n) is 4.30. The second kappa shape index (κ2) is 9.79. The largest absolute Gasteiger partial charge is 0.322 e. The molecule has 5 nitrogen and oxygen atoms in total. The van der Waals surface area contributed by atoms with E-state index in [1.807, 2.05) is 48.2 Å². The maximum atomic E-state index is 13.4. The molecule has 164 valence electrons. The van der Waals surface area contributed by atoms with E-state index < -0.39 is 0 Å². The summed E-state index contributed by atoms with van der Waals surface area (Å²) in [5.41, 5.74) is 4.98. The Morgan fingerprint density at radius 1 is 0.969 bits per heavy atom. The zero-order valence-electron chi connectivity index (χ0n) is 18.6. The predicted octanol–water partition coefficient (Wildman–Crippen LogP) is 5.34. The number of rotatable bonds is 5. The van der Waals surface area contributed by atoms with Crippen LogP contribution in [-0.4, -0.2) is 24.9 Å². The number of para-hydroxylation sites is 1. The number of fused-ring (bicyclic) bond motifs is 1. The highest BCUT2D eigenvalue weighted by Gasteiger charge is 2.26. The number of nitrogens with zero attached hydrogens (tertiary/aromatic N) is 1. The smallest absolute Gasteiger partial charge is 0.258 e. The van der Waals surface area contributed by atoms with Crippen LogP contribution in [0.1, 0.15) is 57.7 Å². The summed E-state index contributed by atoms with van der Waals surface area (Å²) in [6.07, 6.45) is 1.93. The van der Waals surface area contributed by atoms with Gasteiger partial charge in [-0.1, -0.05) is 43.3 Å². The van der Waals surface area contributed by atoms with E-state index >= 15 is 0 Å². The molecule has 1 aliphatic heterocycles. The first-order chi connectivity index (χ1) is 15.6. The van der Waals surface area contributed by atoms with Crippen molar-refractivity contribution in [2.75, 3.05) is 23.3 Å². The summed E-state index contributed by atoms with van der Waals surface area (Å²) in [4.78, 5) is 27.8. The van der Waals surface area contributed by atoms with Crippen molar-refractivity contribution >= 4 is 23.2 Å². The van der Waals surface area contributed by atoms with Crippen LogP contribution >= 0.6 is 0 Å². The van der Waals surface area contributed by atoms with Gasteiger partial charge in [0.2, 0.25) is 0 Å². The lowest BCUT2D eigenvalue weighted by Gasteiger charge is -2.24. The van der Waals surface area contributed by atoms with Crippen LogP contribution in [0.15, 0.2) is 72.8 Å². The molecule has 1 atom stereocenters. The lowest BCUT2D eigenvalue weighted by Crippen LogP contribution is -2.31. The van der Waals surface area contributed by atoms with Crippen LogP contribution in [-0.2, 0) is 0 Å². The quantitative estimate of drug-likeness (QED) is 0.578. The van der Waals surface area contributed by atoms with E-state index in [2.05, 4.69) is 23.6 Å². The molecular weight excluding hydrogens is 398 g/mol. The summed E-state index contributed by atoms with van der Waals surface area (Å²) >= 11 is 0. The normalized spacial score (nSPS) is 15.6. The standard InChI is InChI=1S/C27H29N3O2/c1-3-28-24-12-8-18-30(25-13-7-6-11-23(24)25)27(32)20-14-16-21(17-15-20)29-26(31)22-10-5-4-9-19(22)2/h4-7,9-11,13-17,24,28H,3,8,12,18H2,1-2H3,(H,29,31). The van der Waals surface area contributed by atoms with Gasteiger partial charge in [-0.05, 0) is 73.8 Å². The van der Waals surface area contributed by atoms with E-state index in [1.54, 1.807) is 30.3 Å². The van der Waals surface area contributed by atoms with Crippen LogP contribution in [0.3, 0.4) is 0 Å². The Morgan fingerprint density at radius 2 is 1.69 bits per heavy atom. The van der Waals surface area contributed by atoms with Crippen molar-refractivity contribution in [3.05, 3.63) is 95.1 Å². The van der Waals surface area contributed by atoms with Crippen molar-refractivity contribution < 1.29 is 9.59 Å². The molecule has 0 fully saturated rings. The highest BCUT2D eigenvalue weighted by Crippen LogP contribution is 2.33. The summed E-state index contributed by atoms with van der Waals surface area (Å²) in [5, 5.41) is 6.46. The zero-order chi connectivity index (χ0) is 22.5. The molecule has 3 aromatic carbocycles. The molecule has 0 aliphatic carbocycles. The molecule has 0 saturated carbocycles. The second-order valence-corrected chi connectivity index (χ2v) is 8.11. The van der Waals surface area contributed by atoms with Crippen molar-refractivity contribution in [1.29, 1.82) is 0 Å². The molecule has 0 saturated heterocycles. The fraction of sp³-hybridized carbons (Fsp3) is 0.259. The predicted molar refractivity (Wildman–Crippen MR) is 129 cm³/mol. The monoisotopic (exact) mass is 427 g/mol. The van der Waals surface area contributed by atoms with E-state index in [0.717, 1.165) is 30.6 Å². The zero-order valence-corrected chi connectivity index (χ0v) is 18.6. The first-order valence-electron chi connectivity index (χ1n) is 11.2. The minimum Gasteiger partial charge on any atom is -0.322 e. The maximum absolute atomic E-state index is 13.4. The lowest BCUT2D eigenvalue weighted by atomic mass is 10.0. The molecular formula is C27H29N3O2. The number of carbonyl (C=O) groups excluding carboxylic acids is 2. The molecule has 4 rings (SSSR count).